The lowest BCUT2D eigenvalue weighted by atomic mass is 9.91. The van der Waals surface area contributed by atoms with Gasteiger partial charge in [0, 0.05) is 12.6 Å². The van der Waals surface area contributed by atoms with Crippen molar-refractivity contribution in [1.82, 2.24) is 4.90 Å². The van der Waals surface area contributed by atoms with Crippen LogP contribution in [0, 0.1) is 0 Å². The fraction of sp³-hybridized carbons (Fsp3) is 0.625. The lowest BCUT2D eigenvalue weighted by Crippen LogP contribution is -2.42. The first-order valence-electron chi connectivity index (χ1n) is 7.40. The van der Waals surface area contributed by atoms with Crippen molar-refractivity contribution in [3.63, 3.8) is 0 Å². The third kappa shape index (κ3) is 4.22. The number of ether oxygens (including phenoxy) is 1. The van der Waals surface area contributed by atoms with Gasteiger partial charge in [0.15, 0.2) is 0 Å². The highest BCUT2D eigenvalue weighted by Crippen LogP contribution is 2.25. The average Bonchev–Trinajstić information content (AvgIpc) is 2.40. The molecule has 0 aliphatic heterocycles. The van der Waals surface area contributed by atoms with Gasteiger partial charge in [0.1, 0.15) is 5.75 Å². The number of hydrogen-bond donors (Lipinski definition) is 1. The Morgan fingerprint density at radius 1 is 1.21 bits per heavy atom. The monoisotopic (exact) mass is 262 g/mol. The van der Waals surface area contributed by atoms with E-state index in [-0.39, 0.29) is 0 Å². The normalized spacial score (nSPS) is 15.5. The van der Waals surface area contributed by atoms with Gasteiger partial charge in [-0.3, -0.25) is 0 Å². The molecule has 19 heavy (non-hydrogen) atoms. The molecule has 1 aliphatic carbocycles. The molecule has 2 rings (SSSR count). The topological polar surface area (TPSA) is 38.5 Å². The summed E-state index contributed by atoms with van der Waals surface area (Å²) in [6.07, 6.45) is 6.36. The second-order valence-corrected chi connectivity index (χ2v) is 5.36. The zero-order valence-electron chi connectivity index (χ0n) is 12.0. The summed E-state index contributed by atoms with van der Waals surface area (Å²) in [4.78, 5) is 2.63. The molecule has 0 atom stereocenters. The second kappa shape index (κ2) is 7.51. The van der Waals surface area contributed by atoms with E-state index in [1.165, 1.54) is 24.8 Å². The van der Waals surface area contributed by atoms with Gasteiger partial charge in [0.25, 0.3) is 0 Å². The summed E-state index contributed by atoms with van der Waals surface area (Å²) in [6.45, 7) is 3.10. The number of benzene rings is 1. The highest BCUT2D eigenvalue weighted by molar-refractivity contribution is 5.27. The fourth-order valence-corrected chi connectivity index (χ4v) is 2.59. The third-order valence-corrected chi connectivity index (χ3v) is 4.09. The van der Waals surface area contributed by atoms with Crippen molar-refractivity contribution < 1.29 is 4.74 Å². The molecule has 1 fully saturated rings. The number of nitrogens with two attached hydrogens (primary N) is 1. The quantitative estimate of drug-likeness (QED) is 0.782. The van der Waals surface area contributed by atoms with E-state index in [9.17, 15) is 0 Å². The summed E-state index contributed by atoms with van der Waals surface area (Å²) < 4.78 is 5.19. The molecule has 0 amide bonds. The van der Waals surface area contributed by atoms with Crippen LogP contribution in [0.3, 0.4) is 0 Å². The molecule has 0 aromatic heterocycles. The smallest absolute Gasteiger partial charge is 0.118 e. The van der Waals surface area contributed by atoms with Gasteiger partial charge in [-0.2, -0.15) is 0 Å². The Morgan fingerprint density at radius 2 is 1.95 bits per heavy atom. The first-order chi connectivity index (χ1) is 9.33. The first-order valence-corrected chi connectivity index (χ1v) is 7.40. The first kappa shape index (κ1) is 14.4. The molecular weight excluding hydrogens is 236 g/mol. The summed E-state index contributed by atoms with van der Waals surface area (Å²) in [6, 6.07) is 9.23. The van der Waals surface area contributed by atoms with Crippen molar-refractivity contribution in [2.45, 2.75) is 38.1 Å². The molecule has 0 radical (unpaired) electrons. The maximum Gasteiger partial charge on any atom is 0.118 e. The zero-order chi connectivity index (χ0) is 13.5. The standard InChI is InChI=1S/C16H26N2O/c1-19-16-8-6-14(7-9-16)10-13-18(12-3-11-17)15-4-2-5-15/h6-9,15H,2-5,10-13,17H2,1H3. The predicted molar refractivity (Wildman–Crippen MR) is 79.6 cm³/mol. The Bertz CT molecular complexity index is 360. The van der Waals surface area contributed by atoms with Gasteiger partial charge >= 0.3 is 0 Å². The van der Waals surface area contributed by atoms with Crippen molar-refractivity contribution in [3.8, 4) is 5.75 Å². The number of methoxy groups -OCH3 is 1. The van der Waals surface area contributed by atoms with E-state index in [2.05, 4.69) is 17.0 Å². The van der Waals surface area contributed by atoms with Crippen molar-refractivity contribution in [2.75, 3.05) is 26.7 Å². The van der Waals surface area contributed by atoms with E-state index in [0.29, 0.717) is 0 Å². The van der Waals surface area contributed by atoms with Crippen molar-refractivity contribution in [3.05, 3.63) is 29.8 Å². The van der Waals surface area contributed by atoms with E-state index >= 15 is 0 Å². The number of rotatable bonds is 8. The summed E-state index contributed by atoms with van der Waals surface area (Å²) in [5, 5.41) is 0. The van der Waals surface area contributed by atoms with Crippen molar-refractivity contribution in [2.24, 2.45) is 5.73 Å². The molecule has 1 aromatic rings. The molecule has 1 aliphatic rings. The minimum atomic E-state index is 0.797. The Morgan fingerprint density at radius 3 is 2.47 bits per heavy atom. The van der Waals surface area contributed by atoms with E-state index in [1.54, 1.807) is 7.11 Å². The summed E-state index contributed by atoms with van der Waals surface area (Å²) in [5.41, 5.74) is 7.02. The molecular formula is C16H26N2O. The van der Waals surface area contributed by atoms with Crippen LogP contribution in [0.2, 0.25) is 0 Å². The molecule has 3 heteroatoms. The molecule has 106 valence electrons. The summed E-state index contributed by atoms with van der Waals surface area (Å²) >= 11 is 0. The van der Waals surface area contributed by atoms with Gasteiger partial charge in [-0.25, -0.2) is 0 Å². The van der Waals surface area contributed by atoms with Gasteiger partial charge < -0.3 is 15.4 Å². The number of nitrogens with zero attached hydrogens (tertiary/aromatic N) is 1. The van der Waals surface area contributed by atoms with Crippen LogP contribution in [0.5, 0.6) is 5.75 Å². The highest BCUT2D eigenvalue weighted by Gasteiger charge is 2.23. The van der Waals surface area contributed by atoms with Gasteiger partial charge in [0.2, 0.25) is 0 Å². The molecule has 2 N–H and O–H groups in total. The molecule has 0 bridgehead atoms. The van der Waals surface area contributed by atoms with E-state index in [1.807, 2.05) is 12.1 Å². The van der Waals surface area contributed by atoms with Gasteiger partial charge in [-0.05, 0) is 56.5 Å². The molecule has 0 saturated heterocycles. The Labute approximate surface area is 116 Å². The van der Waals surface area contributed by atoms with Crippen LogP contribution in [0.15, 0.2) is 24.3 Å². The molecule has 1 aromatic carbocycles. The Kier molecular flexibility index (Phi) is 5.67. The SMILES string of the molecule is COc1ccc(CCN(CCCN)C2CCC2)cc1. The minimum absolute atomic E-state index is 0.797. The average molecular weight is 262 g/mol. The van der Waals surface area contributed by atoms with Gasteiger partial charge in [0.05, 0.1) is 7.11 Å². The Hall–Kier alpha value is -1.06. The van der Waals surface area contributed by atoms with Crippen LogP contribution in [-0.4, -0.2) is 37.7 Å². The van der Waals surface area contributed by atoms with Crippen LogP contribution < -0.4 is 10.5 Å². The fourth-order valence-electron chi connectivity index (χ4n) is 2.59. The van der Waals surface area contributed by atoms with Gasteiger partial charge in [-0.15, -0.1) is 0 Å². The Balaban J connectivity index is 1.82. The van der Waals surface area contributed by atoms with Crippen LogP contribution in [-0.2, 0) is 6.42 Å². The minimum Gasteiger partial charge on any atom is -0.497 e. The summed E-state index contributed by atoms with van der Waals surface area (Å²) in [7, 11) is 1.71. The maximum absolute atomic E-state index is 5.64. The lowest BCUT2D eigenvalue weighted by Gasteiger charge is -2.37. The molecule has 0 heterocycles. The van der Waals surface area contributed by atoms with Crippen molar-refractivity contribution in [1.29, 1.82) is 0 Å². The second-order valence-electron chi connectivity index (χ2n) is 5.36. The van der Waals surface area contributed by atoms with Gasteiger partial charge in [-0.1, -0.05) is 18.6 Å². The van der Waals surface area contributed by atoms with Crippen LogP contribution in [0.4, 0.5) is 0 Å². The maximum atomic E-state index is 5.64. The zero-order valence-corrected chi connectivity index (χ0v) is 12.0. The largest absolute Gasteiger partial charge is 0.497 e. The summed E-state index contributed by atoms with van der Waals surface area (Å²) in [5.74, 6) is 0.933. The van der Waals surface area contributed by atoms with Crippen LogP contribution in [0.25, 0.3) is 0 Å². The third-order valence-electron chi connectivity index (χ3n) is 4.09. The molecule has 1 saturated carbocycles. The number of hydrogen-bond acceptors (Lipinski definition) is 3. The predicted octanol–water partition coefficient (Wildman–Crippen LogP) is 2.44. The molecule has 0 spiro atoms. The lowest BCUT2D eigenvalue weighted by molar-refractivity contribution is 0.128. The highest BCUT2D eigenvalue weighted by atomic mass is 16.5. The van der Waals surface area contributed by atoms with E-state index in [0.717, 1.165) is 44.3 Å². The van der Waals surface area contributed by atoms with E-state index < -0.39 is 0 Å². The van der Waals surface area contributed by atoms with Crippen molar-refractivity contribution >= 4 is 0 Å². The van der Waals surface area contributed by atoms with E-state index in [4.69, 9.17) is 10.5 Å². The van der Waals surface area contributed by atoms with Crippen LogP contribution in [0.1, 0.15) is 31.2 Å². The molecule has 3 nitrogen and oxygen atoms in total. The van der Waals surface area contributed by atoms with Crippen LogP contribution >= 0.6 is 0 Å². The molecule has 0 unspecified atom stereocenters.